The Hall–Kier alpha value is -0.840. The summed E-state index contributed by atoms with van der Waals surface area (Å²) in [5.74, 6) is 1.15. The van der Waals surface area contributed by atoms with Crippen LogP contribution >= 0.6 is 0 Å². The van der Waals surface area contributed by atoms with Crippen molar-refractivity contribution in [3.05, 3.63) is 42.2 Å². The third-order valence-electron chi connectivity index (χ3n) is 2.51. The molecule has 0 unspecified atom stereocenters. The Morgan fingerprint density at radius 2 is 1.87 bits per heavy atom. The lowest BCUT2D eigenvalue weighted by molar-refractivity contribution is -0.658. The van der Waals surface area contributed by atoms with E-state index in [4.69, 9.17) is 0 Å². The molecule has 0 amide bonds. The van der Waals surface area contributed by atoms with Crippen LogP contribution in [0.15, 0.2) is 36.7 Å². The minimum Gasteiger partial charge on any atom is -1.00 e. The van der Waals surface area contributed by atoms with Crippen LogP contribution in [0.5, 0.6) is 0 Å². The largest absolute Gasteiger partial charge is 1.00 e. The van der Waals surface area contributed by atoms with Gasteiger partial charge in [-0.05, 0) is 24.1 Å². The lowest BCUT2D eigenvalue weighted by Crippen LogP contribution is -3.00. The molecule has 1 aromatic carbocycles. The first kappa shape index (κ1) is 12.2. The molecule has 0 aliphatic rings. The van der Waals surface area contributed by atoms with Crippen molar-refractivity contribution < 1.29 is 28.5 Å². The van der Waals surface area contributed by atoms with Crippen LogP contribution in [0.4, 0.5) is 0 Å². The Bertz CT molecular complexity index is 417. The molecular formula is C12H15IN2. The molecule has 15 heavy (non-hydrogen) atoms. The van der Waals surface area contributed by atoms with Crippen LogP contribution in [0, 0.1) is 0 Å². The van der Waals surface area contributed by atoms with Gasteiger partial charge in [0.25, 0.3) is 5.82 Å². The first-order valence-electron chi connectivity index (χ1n) is 4.93. The third kappa shape index (κ3) is 2.59. The number of hydrogen-bond acceptors (Lipinski definition) is 0. The van der Waals surface area contributed by atoms with Crippen molar-refractivity contribution in [2.24, 2.45) is 7.05 Å². The number of benzene rings is 1. The molecule has 0 bridgehead atoms. The third-order valence-corrected chi connectivity index (χ3v) is 2.51. The van der Waals surface area contributed by atoms with Crippen molar-refractivity contribution in [1.82, 2.24) is 4.98 Å². The maximum atomic E-state index is 3.22. The fraction of sp³-hybridized carbons (Fsp3) is 0.250. The molecule has 1 N–H and O–H groups in total. The Morgan fingerprint density at radius 1 is 1.20 bits per heavy atom. The van der Waals surface area contributed by atoms with Crippen molar-refractivity contribution in [3.8, 4) is 11.4 Å². The number of aryl methyl sites for hydroxylation is 2. The summed E-state index contributed by atoms with van der Waals surface area (Å²) in [6.07, 6.45) is 5.06. The molecule has 0 saturated heterocycles. The van der Waals surface area contributed by atoms with Crippen LogP contribution in [-0.4, -0.2) is 4.98 Å². The summed E-state index contributed by atoms with van der Waals surface area (Å²) in [6.45, 7) is 2.17. The fourth-order valence-electron chi connectivity index (χ4n) is 1.59. The van der Waals surface area contributed by atoms with Gasteiger partial charge in [0.1, 0.15) is 12.4 Å². The van der Waals surface area contributed by atoms with Gasteiger partial charge in [-0.3, -0.25) is 0 Å². The van der Waals surface area contributed by atoms with E-state index in [1.807, 2.05) is 19.4 Å². The summed E-state index contributed by atoms with van der Waals surface area (Å²) in [6, 6.07) is 8.67. The Kier molecular flexibility index (Phi) is 4.32. The molecule has 2 aromatic rings. The molecule has 3 heteroatoms. The monoisotopic (exact) mass is 314 g/mol. The van der Waals surface area contributed by atoms with Gasteiger partial charge in [0.15, 0.2) is 0 Å². The number of nitrogens with one attached hydrogen (secondary N) is 1. The molecule has 2 nitrogen and oxygen atoms in total. The van der Waals surface area contributed by atoms with Crippen molar-refractivity contribution in [2.75, 3.05) is 0 Å². The van der Waals surface area contributed by atoms with Crippen molar-refractivity contribution in [1.29, 1.82) is 0 Å². The highest BCUT2D eigenvalue weighted by Crippen LogP contribution is 2.13. The summed E-state index contributed by atoms with van der Waals surface area (Å²) < 4.78 is 2.08. The molecule has 0 radical (unpaired) electrons. The smallest absolute Gasteiger partial charge is 0.286 e. The van der Waals surface area contributed by atoms with Crippen molar-refractivity contribution >= 4 is 0 Å². The van der Waals surface area contributed by atoms with E-state index in [9.17, 15) is 0 Å². The molecule has 1 aromatic heterocycles. The standard InChI is InChI=1S/C12H14N2.HI/c1-3-10-4-6-11(7-5-10)12-13-8-9-14(12)2;/h4-9H,3H2,1-2H3;1H. The molecule has 0 atom stereocenters. The van der Waals surface area contributed by atoms with Gasteiger partial charge in [0.05, 0.1) is 12.6 Å². The first-order valence-corrected chi connectivity index (χ1v) is 4.93. The van der Waals surface area contributed by atoms with Crippen molar-refractivity contribution in [3.63, 3.8) is 0 Å². The summed E-state index contributed by atoms with van der Waals surface area (Å²) in [4.78, 5) is 3.22. The quantitative estimate of drug-likeness (QED) is 0.546. The number of aromatic amines is 1. The average Bonchev–Trinajstić information content (AvgIpc) is 2.65. The van der Waals surface area contributed by atoms with Crippen LogP contribution in [0.3, 0.4) is 0 Å². The predicted molar refractivity (Wildman–Crippen MR) is 56.8 cm³/mol. The Morgan fingerprint density at radius 3 is 2.33 bits per heavy atom. The zero-order chi connectivity index (χ0) is 9.97. The second kappa shape index (κ2) is 5.30. The number of hydrogen-bond donors (Lipinski definition) is 1. The van der Waals surface area contributed by atoms with E-state index >= 15 is 0 Å². The van der Waals surface area contributed by atoms with E-state index in [1.54, 1.807) is 0 Å². The van der Waals surface area contributed by atoms with Gasteiger partial charge < -0.3 is 24.0 Å². The van der Waals surface area contributed by atoms with E-state index in [2.05, 4.69) is 40.7 Å². The number of imidazole rings is 1. The Balaban J connectivity index is 0.00000112. The number of H-pyrrole nitrogens is 1. The van der Waals surface area contributed by atoms with E-state index in [-0.39, 0.29) is 24.0 Å². The molecule has 80 valence electrons. The second-order valence-electron chi connectivity index (χ2n) is 3.47. The SMILES string of the molecule is CCc1ccc(-c2[nH]cc[n+]2C)cc1.[I-]. The number of rotatable bonds is 2. The summed E-state index contributed by atoms with van der Waals surface area (Å²) in [5, 5.41) is 0. The molecule has 2 rings (SSSR count). The van der Waals surface area contributed by atoms with Gasteiger partial charge in [0.2, 0.25) is 0 Å². The highest BCUT2D eigenvalue weighted by molar-refractivity contribution is 5.52. The predicted octanol–water partition coefficient (Wildman–Crippen LogP) is -0.927. The van der Waals surface area contributed by atoms with E-state index in [1.165, 1.54) is 11.1 Å². The molecule has 0 fully saturated rings. The first-order chi connectivity index (χ1) is 6.81. The summed E-state index contributed by atoms with van der Waals surface area (Å²) in [7, 11) is 2.04. The van der Waals surface area contributed by atoms with Crippen LogP contribution in [0.2, 0.25) is 0 Å². The fourth-order valence-corrected chi connectivity index (χ4v) is 1.59. The van der Waals surface area contributed by atoms with Gasteiger partial charge in [-0.25, -0.2) is 9.55 Å². The zero-order valence-corrected chi connectivity index (χ0v) is 11.2. The van der Waals surface area contributed by atoms with Crippen LogP contribution in [0.25, 0.3) is 11.4 Å². The van der Waals surface area contributed by atoms with Crippen LogP contribution in [0.1, 0.15) is 12.5 Å². The lowest BCUT2D eigenvalue weighted by atomic mass is 10.1. The van der Waals surface area contributed by atoms with Gasteiger partial charge in [-0.15, -0.1) is 0 Å². The summed E-state index contributed by atoms with van der Waals surface area (Å²) in [5.41, 5.74) is 2.61. The van der Waals surface area contributed by atoms with Gasteiger partial charge in [0, 0.05) is 0 Å². The number of aromatic nitrogens is 2. The van der Waals surface area contributed by atoms with Crippen LogP contribution in [-0.2, 0) is 13.5 Å². The average molecular weight is 314 g/mol. The van der Waals surface area contributed by atoms with Crippen molar-refractivity contribution in [2.45, 2.75) is 13.3 Å². The van der Waals surface area contributed by atoms with Gasteiger partial charge in [-0.2, -0.15) is 0 Å². The minimum absolute atomic E-state index is 0. The van der Waals surface area contributed by atoms with Crippen LogP contribution < -0.4 is 28.5 Å². The topological polar surface area (TPSA) is 19.7 Å². The molecule has 0 aliphatic carbocycles. The Labute approximate surface area is 107 Å². The highest BCUT2D eigenvalue weighted by Gasteiger charge is 2.08. The summed E-state index contributed by atoms with van der Waals surface area (Å²) >= 11 is 0. The van der Waals surface area contributed by atoms with E-state index in [0.29, 0.717) is 0 Å². The minimum atomic E-state index is 0. The molecule has 1 heterocycles. The van der Waals surface area contributed by atoms with E-state index in [0.717, 1.165) is 12.2 Å². The zero-order valence-electron chi connectivity index (χ0n) is 9.00. The maximum Gasteiger partial charge on any atom is 0.286 e. The second-order valence-corrected chi connectivity index (χ2v) is 3.47. The molecular weight excluding hydrogens is 299 g/mol. The number of halogens is 1. The maximum absolute atomic E-state index is 3.22. The van der Waals surface area contributed by atoms with Gasteiger partial charge >= 0.3 is 0 Å². The number of nitrogens with zero attached hydrogens (tertiary/aromatic N) is 1. The lowest BCUT2D eigenvalue weighted by Gasteiger charge is -1.98. The highest BCUT2D eigenvalue weighted by atomic mass is 127. The van der Waals surface area contributed by atoms with E-state index < -0.39 is 0 Å². The molecule has 0 saturated carbocycles. The molecule has 0 aliphatic heterocycles. The molecule has 0 spiro atoms. The van der Waals surface area contributed by atoms with Gasteiger partial charge in [-0.1, -0.05) is 19.1 Å². The normalized spacial score (nSPS) is 9.73.